The van der Waals surface area contributed by atoms with Crippen LogP contribution in [0.25, 0.3) is 16.0 Å². The number of rotatable bonds is 3. The standard InChI is InChI=1S/C27H22N2O3S/c1-15-4-9-18(10-5-15)23-22(24(30)19-11-6-16(2)7-12-19)25(31)26(32)29(23)27-28-20-13-8-17(3)14-21(20)33-27/h4-14,23,30H,1-3H3/t23-/m0/s1. The third-order valence-corrected chi connectivity index (χ3v) is 6.92. The van der Waals surface area contributed by atoms with Gasteiger partial charge in [0.25, 0.3) is 5.78 Å². The van der Waals surface area contributed by atoms with E-state index in [1.54, 1.807) is 12.1 Å². The minimum absolute atomic E-state index is 0.0724. The highest BCUT2D eigenvalue weighted by molar-refractivity contribution is 7.22. The number of hydrogen-bond acceptors (Lipinski definition) is 5. The first-order valence-electron chi connectivity index (χ1n) is 10.7. The van der Waals surface area contributed by atoms with Gasteiger partial charge in [0.05, 0.1) is 21.8 Å². The average molecular weight is 455 g/mol. The molecule has 0 unspecified atom stereocenters. The zero-order valence-electron chi connectivity index (χ0n) is 18.5. The largest absolute Gasteiger partial charge is 0.507 e. The minimum Gasteiger partial charge on any atom is -0.507 e. The van der Waals surface area contributed by atoms with E-state index in [9.17, 15) is 14.7 Å². The quantitative estimate of drug-likeness (QED) is 0.240. The molecule has 6 heteroatoms. The molecule has 0 spiro atoms. The van der Waals surface area contributed by atoms with Crippen LogP contribution in [0.3, 0.4) is 0 Å². The van der Waals surface area contributed by atoms with Crippen molar-refractivity contribution >= 4 is 44.1 Å². The lowest BCUT2D eigenvalue weighted by Crippen LogP contribution is -2.29. The fraction of sp³-hybridized carbons (Fsp3) is 0.148. The molecule has 33 heavy (non-hydrogen) atoms. The van der Waals surface area contributed by atoms with Gasteiger partial charge in [-0.3, -0.25) is 14.5 Å². The zero-order chi connectivity index (χ0) is 23.3. The number of aromatic nitrogens is 1. The fourth-order valence-corrected chi connectivity index (χ4v) is 5.17. The van der Waals surface area contributed by atoms with E-state index >= 15 is 0 Å². The van der Waals surface area contributed by atoms with Crippen LogP contribution in [0.4, 0.5) is 5.13 Å². The van der Waals surface area contributed by atoms with Crippen molar-refractivity contribution in [3.05, 3.63) is 100 Å². The molecule has 3 aromatic carbocycles. The highest BCUT2D eigenvalue weighted by Gasteiger charge is 2.48. The molecule has 5 rings (SSSR count). The molecule has 1 aliphatic heterocycles. The van der Waals surface area contributed by atoms with E-state index in [1.807, 2.05) is 75.4 Å². The number of Topliss-reactive ketones (excluding diaryl/α,β-unsaturated/α-hetero) is 1. The van der Waals surface area contributed by atoms with Crippen LogP contribution in [0.5, 0.6) is 0 Å². The molecule has 4 aromatic rings. The Kier molecular flexibility index (Phi) is 5.10. The number of aryl methyl sites for hydroxylation is 3. The Bertz CT molecular complexity index is 1430. The third kappa shape index (κ3) is 3.62. The number of fused-ring (bicyclic) bond motifs is 1. The van der Waals surface area contributed by atoms with Gasteiger partial charge in [0.2, 0.25) is 0 Å². The van der Waals surface area contributed by atoms with Crippen molar-refractivity contribution in [3.8, 4) is 0 Å². The van der Waals surface area contributed by atoms with Crippen LogP contribution < -0.4 is 4.90 Å². The summed E-state index contributed by atoms with van der Waals surface area (Å²) in [5.41, 5.74) is 5.26. The number of benzene rings is 3. The number of aliphatic hydroxyl groups excluding tert-OH is 1. The number of amides is 1. The molecule has 5 nitrogen and oxygen atoms in total. The summed E-state index contributed by atoms with van der Waals surface area (Å²) in [6, 6.07) is 20.0. The van der Waals surface area contributed by atoms with E-state index in [0.717, 1.165) is 32.5 Å². The second-order valence-corrected chi connectivity index (χ2v) is 9.42. The maximum Gasteiger partial charge on any atom is 0.301 e. The lowest BCUT2D eigenvalue weighted by molar-refractivity contribution is -0.132. The van der Waals surface area contributed by atoms with E-state index in [1.165, 1.54) is 16.2 Å². The maximum absolute atomic E-state index is 13.3. The lowest BCUT2D eigenvalue weighted by atomic mass is 9.94. The summed E-state index contributed by atoms with van der Waals surface area (Å²) < 4.78 is 0.938. The molecule has 1 fully saturated rings. The van der Waals surface area contributed by atoms with Crippen LogP contribution in [0.15, 0.2) is 72.3 Å². The summed E-state index contributed by atoms with van der Waals surface area (Å²) in [7, 11) is 0. The van der Waals surface area contributed by atoms with E-state index in [0.29, 0.717) is 10.7 Å². The molecule has 1 N–H and O–H groups in total. The second-order valence-electron chi connectivity index (χ2n) is 8.41. The smallest absolute Gasteiger partial charge is 0.301 e. The van der Waals surface area contributed by atoms with Gasteiger partial charge in [-0.1, -0.05) is 77.1 Å². The molecule has 0 aliphatic carbocycles. The summed E-state index contributed by atoms with van der Waals surface area (Å²) in [6.07, 6.45) is 0. The van der Waals surface area contributed by atoms with Gasteiger partial charge in [0.1, 0.15) is 5.76 Å². The number of hydrogen-bond donors (Lipinski definition) is 1. The summed E-state index contributed by atoms with van der Waals surface area (Å²) in [6.45, 7) is 5.92. The zero-order valence-corrected chi connectivity index (χ0v) is 19.3. The van der Waals surface area contributed by atoms with Gasteiger partial charge < -0.3 is 5.11 Å². The van der Waals surface area contributed by atoms with Gasteiger partial charge in [-0.15, -0.1) is 0 Å². The van der Waals surface area contributed by atoms with Gasteiger partial charge in [-0.25, -0.2) is 4.98 Å². The topological polar surface area (TPSA) is 70.5 Å². The SMILES string of the molecule is Cc1ccc(C(O)=C2C(=O)C(=O)N(c3nc4ccc(C)cc4s3)[C@H]2c2ccc(C)cc2)cc1. The highest BCUT2D eigenvalue weighted by atomic mass is 32.1. The van der Waals surface area contributed by atoms with Crippen LogP contribution in [0, 0.1) is 20.8 Å². The molecule has 0 radical (unpaired) electrons. The molecule has 0 saturated carbocycles. The number of carbonyl (C=O) groups excluding carboxylic acids is 2. The Morgan fingerprint density at radius 2 is 1.48 bits per heavy atom. The summed E-state index contributed by atoms with van der Waals surface area (Å²) in [4.78, 5) is 32.6. The van der Waals surface area contributed by atoms with Crippen molar-refractivity contribution < 1.29 is 14.7 Å². The average Bonchev–Trinajstić information content (AvgIpc) is 3.32. The molecule has 2 heterocycles. The second kappa shape index (κ2) is 7.98. The van der Waals surface area contributed by atoms with Crippen molar-refractivity contribution in [3.63, 3.8) is 0 Å². The fourth-order valence-electron chi connectivity index (χ4n) is 4.08. The first kappa shape index (κ1) is 21.1. The van der Waals surface area contributed by atoms with Crippen LogP contribution in [-0.4, -0.2) is 21.8 Å². The Hall–Kier alpha value is -3.77. The van der Waals surface area contributed by atoms with E-state index in [4.69, 9.17) is 0 Å². The van der Waals surface area contributed by atoms with Gasteiger partial charge in [-0.2, -0.15) is 0 Å². The monoisotopic (exact) mass is 454 g/mol. The number of carbonyl (C=O) groups is 2. The van der Waals surface area contributed by atoms with Crippen molar-refractivity contribution in [2.75, 3.05) is 4.90 Å². The molecule has 1 aromatic heterocycles. The first-order chi connectivity index (χ1) is 15.8. The van der Waals surface area contributed by atoms with Crippen LogP contribution in [0.1, 0.15) is 33.9 Å². The van der Waals surface area contributed by atoms with Crippen molar-refractivity contribution in [1.29, 1.82) is 0 Å². The van der Waals surface area contributed by atoms with Crippen LogP contribution in [-0.2, 0) is 9.59 Å². The lowest BCUT2D eigenvalue weighted by Gasteiger charge is -2.23. The number of aliphatic hydroxyl groups is 1. The van der Waals surface area contributed by atoms with E-state index in [-0.39, 0.29) is 11.3 Å². The Morgan fingerprint density at radius 3 is 2.15 bits per heavy atom. The maximum atomic E-state index is 13.3. The Labute approximate surface area is 195 Å². The third-order valence-electron chi connectivity index (χ3n) is 5.90. The van der Waals surface area contributed by atoms with Crippen molar-refractivity contribution in [1.82, 2.24) is 4.98 Å². The van der Waals surface area contributed by atoms with E-state index < -0.39 is 17.7 Å². The number of ketones is 1. The first-order valence-corrected chi connectivity index (χ1v) is 11.5. The van der Waals surface area contributed by atoms with Crippen molar-refractivity contribution in [2.45, 2.75) is 26.8 Å². The summed E-state index contributed by atoms with van der Waals surface area (Å²) >= 11 is 1.37. The molecule has 0 bridgehead atoms. The molecule has 1 atom stereocenters. The number of nitrogens with zero attached hydrogens (tertiary/aromatic N) is 2. The molecule has 1 amide bonds. The molecular formula is C27H22N2O3S. The van der Waals surface area contributed by atoms with Gasteiger partial charge in [0, 0.05) is 5.56 Å². The molecule has 1 saturated heterocycles. The van der Waals surface area contributed by atoms with Gasteiger partial charge >= 0.3 is 5.91 Å². The molecule has 1 aliphatic rings. The number of anilines is 1. The predicted molar refractivity (Wildman–Crippen MR) is 131 cm³/mol. The number of thiazole rings is 1. The van der Waals surface area contributed by atoms with Gasteiger partial charge in [-0.05, 0) is 44.0 Å². The summed E-state index contributed by atoms with van der Waals surface area (Å²) in [5, 5.41) is 11.6. The summed E-state index contributed by atoms with van der Waals surface area (Å²) in [5.74, 6) is -1.59. The molecular weight excluding hydrogens is 432 g/mol. The van der Waals surface area contributed by atoms with Crippen LogP contribution in [0.2, 0.25) is 0 Å². The normalized spacial score (nSPS) is 17.8. The predicted octanol–water partition coefficient (Wildman–Crippen LogP) is 5.85. The van der Waals surface area contributed by atoms with Gasteiger partial charge in [0.15, 0.2) is 5.13 Å². The Balaban J connectivity index is 1.73. The Morgan fingerprint density at radius 1 is 0.879 bits per heavy atom. The highest BCUT2D eigenvalue weighted by Crippen LogP contribution is 2.44. The molecule has 164 valence electrons. The minimum atomic E-state index is -0.770. The van der Waals surface area contributed by atoms with E-state index in [2.05, 4.69) is 4.98 Å². The van der Waals surface area contributed by atoms with Crippen LogP contribution >= 0.6 is 11.3 Å². The van der Waals surface area contributed by atoms with Crippen molar-refractivity contribution in [2.24, 2.45) is 0 Å².